The molecule has 0 amide bonds. The van der Waals surface area contributed by atoms with Crippen molar-refractivity contribution < 1.29 is 13.9 Å². The monoisotopic (exact) mass is 356 g/mol. The Bertz CT molecular complexity index is 749. The van der Waals surface area contributed by atoms with E-state index in [0.29, 0.717) is 36.9 Å². The van der Waals surface area contributed by atoms with Crippen LogP contribution in [0, 0.1) is 11.3 Å². The minimum absolute atomic E-state index is 0.227. The SMILES string of the molecule is CCCN(Cc1nnc(-c2ccc(C#N)cc2)o1)[C@H](CC)C(=O)OCC. The molecular formula is C19H24N4O3. The Labute approximate surface area is 153 Å². The predicted molar refractivity (Wildman–Crippen MR) is 95.9 cm³/mol. The molecule has 0 unspecified atom stereocenters. The summed E-state index contributed by atoms with van der Waals surface area (Å²) in [6, 6.07) is 8.69. The fourth-order valence-electron chi connectivity index (χ4n) is 2.74. The maximum Gasteiger partial charge on any atom is 0.323 e. The first kappa shape index (κ1) is 19.6. The minimum Gasteiger partial charge on any atom is -0.465 e. The molecule has 0 saturated heterocycles. The molecule has 0 aliphatic rings. The Morgan fingerprint density at radius 3 is 2.58 bits per heavy atom. The number of ether oxygens (including phenoxy) is 1. The topological polar surface area (TPSA) is 92.3 Å². The summed E-state index contributed by atoms with van der Waals surface area (Å²) in [5.74, 6) is 0.612. The number of hydrogen-bond acceptors (Lipinski definition) is 7. The zero-order valence-electron chi connectivity index (χ0n) is 15.4. The highest BCUT2D eigenvalue weighted by molar-refractivity contribution is 5.75. The van der Waals surface area contributed by atoms with Crippen molar-refractivity contribution in [1.82, 2.24) is 15.1 Å². The van der Waals surface area contributed by atoms with E-state index in [1.807, 2.05) is 11.8 Å². The molecule has 1 atom stereocenters. The molecular weight excluding hydrogens is 332 g/mol. The number of hydrogen-bond donors (Lipinski definition) is 0. The lowest BCUT2D eigenvalue weighted by molar-refractivity contribution is -0.150. The van der Waals surface area contributed by atoms with Crippen molar-refractivity contribution in [2.75, 3.05) is 13.2 Å². The molecule has 2 rings (SSSR count). The second-order valence-electron chi connectivity index (χ2n) is 5.84. The van der Waals surface area contributed by atoms with E-state index in [9.17, 15) is 4.79 Å². The zero-order chi connectivity index (χ0) is 18.9. The van der Waals surface area contributed by atoms with Crippen molar-refractivity contribution >= 4 is 5.97 Å². The first-order valence-electron chi connectivity index (χ1n) is 8.86. The third kappa shape index (κ3) is 4.90. The highest BCUT2D eigenvalue weighted by Gasteiger charge is 2.26. The van der Waals surface area contributed by atoms with Crippen molar-refractivity contribution in [2.24, 2.45) is 0 Å². The van der Waals surface area contributed by atoms with Crippen LogP contribution in [0.1, 0.15) is 45.1 Å². The number of carbonyl (C=O) groups excluding carboxylic acids is 1. The van der Waals surface area contributed by atoms with Gasteiger partial charge < -0.3 is 9.15 Å². The average molecular weight is 356 g/mol. The maximum atomic E-state index is 12.2. The number of carbonyl (C=O) groups is 1. The van der Waals surface area contributed by atoms with Crippen molar-refractivity contribution in [3.05, 3.63) is 35.7 Å². The van der Waals surface area contributed by atoms with E-state index in [-0.39, 0.29) is 12.0 Å². The van der Waals surface area contributed by atoms with E-state index in [1.54, 1.807) is 31.2 Å². The molecule has 138 valence electrons. The predicted octanol–water partition coefficient (Wildman–Crippen LogP) is 3.16. The van der Waals surface area contributed by atoms with Gasteiger partial charge in [0.2, 0.25) is 11.8 Å². The van der Waals surface area contributed by atoms with Crippen LogP contribution in [-0.4, -0.2) is 40.3 Å². The Morgan fingerprint density at radius 1 is 1.27 bits per heavy atom. The molecule has 26 heavy (non-hydrogen) atoms. The lowest BCUT2D eigenvalue weighted by Crippen LogP contribution is -2.42. The van der Waals surface area contributed by atoms with Crippen LogP contribution in [0.5, 0.6) is 0 Å². The highest BCUT2D eigenvalue weighted by Crippen LogP contribution is 2.20. The molecule has 0 aliphatic carbocycles. The van der Waals surface area contributed by atoms with Crippen molar-refractivity contribution in [3.8, 4) is 17.5 Å². The molecule has 0 saturated carbocycles. The second-order valence-corrected chi connectivity index (χ2v) is 5.84. The number of rotatable bonds is 9. The summed E-state index contributed by atoms with van der Waals surface area (Å²) in [7, 11) is 0. The Morgan fingerprint density at radius 2 is 2.00 bits per heavy atom. The van der Waals surface area contributed by atoms with E-state index in [2.05, 4.69) is 23.2 Å². The van der Waals surface area contributed by atoms with Crippen molar-refractivity contribution in [1.29, 1.82) is 5.26 Å². The normalized spacial score (nSPS) is 12.0. The molecule has 2 aromatic rings. The van der Waals surface area contributed by atoms with Crippen LogP contribution in [0.3, 0.4) is 0 Å². The molecule has 0 aliphatic heterocycles. The zero-order valence-corrected chi connectivity index (χ0v) is 15.4. The summed E-state index contributed by atoms with van der Waals surface area (Å²) < 4.78 is 10.9. The van der Waals surface area contributed by atoms with Gasteiger partial charge >= 0.3 is 5.97 Å². The molecule has 0 fully saturated rings. The molecule has 0 spiro atoms. The molecule has 0 bridgehead atoms. The van der Waals surface area contributed by atoms with E-state index in [1.165, 1.54) is 0 Å². The fourth-order valence-corrected chi connectivity index (χ4v) is 2.74. The van der Waals surface area contributed by atoms with Gasteiger partial charge in [0.25, 0.3) is 0 Å². The summed E-state index contributed by atoms with van der Waals surface area (Å²) in [6.07, 6.45) is 1.54. The molecule has 0 radical (unpaired) electrons. The fraction of sp³-hybridized carbons (Fsp3) is 0.474. The van der Waals surface area contributed by atoms with E-state index in [0.717, 1.165) is 18.5 Å². The van der Waals surface area contributed by atoms with Gasteiger partial charge in [0, 0.05) is 5.56 Å². The smallest absolute Gasteiger partial charge is 0.323 e. The van der Waals surface area contributed by atoms with E-state index < -0.39 is 0 Å². The van der Waals surface area contributed by atoms with Crippen LogP contribution in [-0.2, 0) is 16.1 Å². The molecule has 1 aromatic carbocycles. The minimum atomic E-state index is -0.333. The van der Waals surface area contributed by atoms with Gasteiger partial charge in [-0.2, -0.15) is 5.26 Å². The van der Waals surface area contributed by atoms with Crippen LogP contribution in [0.4, 0.5) is 0 Å². The Kier molecular flexibility index (Phi) is 7.30. The van der Waals surface area contributed by atoms with Crippen molar-refractivity contribution in [3.63, 3.8) is 0 Å². The molecule has 0 N–H and O–H groups in total. The highest BCUT2D eigenvalue weighted by atomic mass is 16.5. The number of aromatic nitrogens is 2. The third-order valence-electron chi connectivity index (χ3n) is 3.96. The summed E-state index contributed by atoms with van der Waals surface area (Å²) >= 11 is 0. The largest absolute Gasteiger partial charge is 0.465 e. The van der Waals surface area contributed by atoms with Crippen molar-refractivity contribution in [2.45, 2.75) is 46.2 Å². The molecule has 7 nitrogen and oxygen atoms in total. The number of benzene rings is 1. The Balaban J connectivity index is 2.14. The van der Waals surface area contributed by atoms with Gasteiger partial charge in [0.15, 0.2) is 0 Å². The van der Waals surface area contributed by atoms with Gasteiger partial charge in [-0.1, -0.05) is 13.8 Å². The first-order chi connectivity index (χ1) is 12.6. The van der Waals surface area contributed by atoms with Crippen LogP contribution < -0.4 is 0 Å². The average Bonchev–Trinajstić information content (AvgIpc) is 3.11. The summed E-state index contributed by atoms with van der Waals surface area (Å²) in [5.41, 5.74) is 1.32. The standard InChI is InChI=1S/C19H24N4O3/c1-4-11-23(16(5-2)19(24)25-6-3)13-17-21-22-18(26-17)15-9-7-14(12-20)8-10-15/h7-10,16H,4-6,11,13H2,1-3H3/t16-/m1/s1. The van der Waals surface area contributed by atoms with E-state index >= 15 is 0 Å². The maximum absolute atomic E-state index is 12.2. The van der Waals surface area contributed by atoms with Gasteiger partial charge in [-0.05, 0) is 50.6 Å². The van der Waals surface area contributed by atoms with Gasteiger partial charge in [-0.15, -0.1) is 10.2 Å². The lowest BCUT2D eigenvalue weighted by atomic mass is 10.1. The van der Waals surface area contributed by atoms with Crippen LogP contribution in [0.2, 0.25) is 0 Å². The summed E-state index contributed by atoms with van der Waals surface area (Å²) in [6.45, 7) is 7.29. The quantitative estimate of drug-likeness (QED) is 0.637. The molecule has 1 aromatic heterocycles. The number of nitrogens with zero attached hydrogens (tertiary/aromatic N) is 4. The van der Waals surface area contributed by atoms with Gasteiger partial charge in [-0.3, -0.25) is 9.69 Å². The van der Waals surface area contributed by atoms with E-state index in [4.69, 9.17) is 14.4 Å². The molecule has 7 heteroatoms. The Hall–Kier alpha value is -2.72. The summed E-state index contributed by atoms with van der Waals surface area (Å²) in [4.78, 5) is 14.2. The number of nitriles is 1. The lowest BCUT2D eigenvalue weighted by Gasteiger charge is -2.27. The van der Waals surface area contributed by atoms with Gasteiger partial charge in [0.1, 0.15) is 6.04 Å². The molecule has 1 heterocycles. The first-order valence-corrected chi connectivity index (χ1v) is 8.86. The third-order valence-corrected chi connectivity index (χ3v) is 3.96. The second kappa shape index (κ2) is 9.68. The number of esters is 1. The van der Waals surface area contributed by atoms with Gasteiger partial charge in [-0.25, -0.2) is 0 Å². The van der Waals surface area contributed by atoms with Gasteiger partial charge in [0.05, 0.1) is 24.8 Å². The van der Waals surface area contributed by atoms with Crippen LogP contribution >= 0.6 is 0 Å². The van der Waals surface area contributed by atoms with Crippen LogP contribution in [0.25, 0.3) is 11.5 Å². The van der Waals surface area contributed by atoms with Crippen LogP contribution in [0.15, 0.2) is 28.7 Å². The summed E-state index contributed by atoms with van der Waals surface area (Å²) in [5, 5.41) is 17.0.